The number of nitrogens with zero attached hydrogens (tertiary/aromatic N) is 4. The van der Waals surface area contributed by atoms with Crippen LogP contribution in [0.1, 0.15) is 28.3 Å². The van der Waals surface area contributed by atoms with E-state index in [1.54, 1.807) is 24.5 Å². The van der Waals surface area contributed by atoms with E-state index in [-0.39, 0.29) is 12.2 Å². The molecule has 0 aliphatic rings. The Kier molecular flexibility index (Phi) is 6.59. The largest absolute Gasteiger partial charge is 0.473 e. The number of furan rings is 1. The van der Waals surface area contributed by atoms with Gasteiger partial charge in [0.25, 0.3) is 0 Å². The van der Waals surface area contributed by atoms with Crippen molar-refractivity contribution in [3.05, 3.63) is 137 Å². The molecule has 6 nitrogen and oxygen atoms in total. The van der Waals surface area contributed by atoms with Crippen molar-refractivity contribution in [1.82, 2.24) is 14.5 Å². The van der Waals surface area contributed by atoms with E-state index in [0.29, 0.717) is 24.4 Å². The lowest BCUT2D eigenvalue weighted by atomic mass is 10.1. The van der Waals surface area contributed by atoms with Crippen LogP contribution in [0.25, 0.3) is 22.3 Å². The number of halogens is 1. The molecule has 7 heteroatoms. The Bertz CT molecular complexity index is 1780. The summed E-state index contributed by atoms with van der Waals surface area (Å²) in [6.45, 7) is 0.635. The van der Waals surface area contributed by atoms with Crippen LogP contribution in [0.2, 0.25) is 0 Å². The van der Waals surface area contributed by atoms with Crippen LogP contribution in [0.4, 0.5) is 4.39 Å². The summed E-state index contributed by atoms with van der Waals surface area (Å²) in [4.78, 5) is 9.49. The molecular weight excluding hydrogens is 491 g/mol. The fourth-order valence-electron chi connectivity index (χ4n) is 4.51. The number of benzene rings is 3. The maximum atomic E-state index is 14.2. The van der Waals surface area contributed by atoms with E-state index in [4.69, 9.17) is 19.4 Å². The van der Waals surface area contributed by atoms with Crippen LogP contribution < -0.4 is 4.74 Å². The molecule has 0 amide bonds. The van der Waals surface area contributed by atoms with Gasteiger partial charge in [-0.25, -0.2) is 14.4 Å². The van der Waals surface area contributed by atoms with Crippen LogP contribution in [0.5, 0.6) is 5.88 Å². The first-order valence-corrected chi connectivity index (χ1v) is 12.5. The second-order valence-corrected chi connectivity index (χ2v) is 9.12. The van der Waals surface area contributed by atoms with Gasteiger partial charge in [-0.05, 0) is 48.0 Å². The number of hydrogen-bond acceptors (Lipinski definition) is 5. The Morgan fingerprint density at radius 1 is 0.897 bits per heavy atom. The third kappa shape index (κ3) is 5.27. The summed E-state index contributed by atoms with van der Waals surface area (Å²) in [5.74, 6) is 1.76. The number of pyridine rings is 1. The molecule has 0 bridgehead atoms. The van der Waals surface area contributed by atoms with E-state index in [1.165, 1.54) is 6.07 Å². The molecule has 3 aromatic carbocycles. The number of imidazole rings is 1. The van der Waals surface area contributed by atoms with Crippen LogP contribution in [-0.2, 0) is 19.6 Å². The molecular formula is C32H23FN4O2. The van der Waals surface area contributed by atoms with Gasteiger partial charge in [-0.2, -0.15) is 5.26 Å². The molecule has 190 valence electrons. The first-order valence-electron chi connectivity index (χ1n) is 12.5. The number of aromatic nitrogens is 3. The van der Waals surface area contributed by atoms with Gasteiger partial charge in [-0.3, -0.25) is 0 Å². The normalized spacial score (nSPS) is 11.0. The monoisotopic (exact) mass is 514 g/mol. The fraction of sp³-hybridized carbons (Fsp3) is 0.0938. The predicted octanol–water partition coefficient (Wildman–Crippen LogP) is 6.92. The highest BCUT2D eigenvalue weighted by molar-refractivity contribution is 5.76. The van der Waals surface area contributed by atoms with E-state index in [2.05, 4.69) is 27.8 Å². The second kappa shape index (κ2) is 10.6. The van der Waals surface area contributed by atoms with Crippen molar-refractivity contribution >= 4 is 11.0 Å². The number of nitriles is 1. The average molecular weight is 515 g/mol. The minimum atomic E-state index is -0.474. The Morgan fingerprint density at radius 3 is 2.56 bits per heavy atom. The third-order valence-electron chi connectivity index (χ3n) is 6.52. The molecule has 0 atom stereocenters. The lowest BCUT2D eigenvalue weighted by Gasteiger charge is -2.10. The Morgan fingerprint density at radius 2 is 1.77 bits per heavy atom. The van der Waals surface area contributed by atoms with E-state index in [9.17, 15) is 4.39 Å². The van der Waals surface area contributed by atoms with Gasteiger partial charge >= 0.3 is 0 Å². The quantitative estimate of drug-likeness (QED) is 0.220. The van der Waals surface area contributed by atoms with Crippen molar-refractivity contribution in [2.75, 3.05) is 0 Å². The van der Waals surface area contributed by atoms with Crippen LogP contribution in [0.15, 0.2) is 108 Å². The zero-order valence-corrected chi connectivity index (χ0v) is 20.9. The molecule has 0 saturated carbocycles. The zero-order valence-electron chi connectivity index (χ0n) is 20.9. The van der Waals surface area contributed by atoms with Gasteiger partial charge in [0.15, 0.2) is 0 Å². The molecule has 0 saturated heterocycles. The fourth-order valence-corrected chi connectivity index (χ4v) is 4.51. The molecule has 0 radical (unpaired) electrons. The number of para-hydroxylation sites is 2. The molecule has 0 aliphatic carbocycles. The summed E-state index contributed by atoms with van der Waals surface area (Å²) in [6.07, 6.45) is 2.36. The third-order valence-corrected chi connectivity index (χ3v) is 6.52. The van der Waals surface area contributed by atoms with Gasteiger partial charge in [-0.15, -0.1) is 0 Å². The molecule has 0 unspecified atom stereocenters. The molecule has 0 N–H and O–H groups in total. The van der Waals surface area contributed by atoms with Crippen molar-refractivity contribution in [3.63, 3.8) is 0 Å². The number of rotatable bonds is 8. The van der Waals surface area contributed by atoms with Crippen molar-refractivity contribution in [1.29, 1.82) is 5.26 Å². The topological polar surface area (TPSA) is 76.9 Å². The van der Waals surface area contributed by atoms with Crippen molar-refractivity contribution in [2.24, 2.45) is 0 Å². The lowest BCUT2D eigenvalue weighted by Crippen LogP contribution is -2.05. The smallest absolute Gasteiger partial charge is 0.214 e. The number of ether oxygens (including phenoxy) is 1. The van der Waals surface area contributed by atoms with Gasteiger partial charge in [-0.1, -0.05) is 48.5 Å². The SMILES string of the molecule is N#Cc1ccc(COc2cccc(-c3ccc(Cc4nc5ccccc5n4Cc4ccco4)cc3)n2)c(F)c1. The highest BCUT2D eigenvalue weighted by atomic mass is 19.1. The molecule has 39 heavy (non-hydrogen) atoms. The Labute approximate surface area is 224 Å². The molecule has 0 aliphatic heterocycles. The minimum Gasteiger partial charge on any atom is -0.473 e. The summed E-state index contributed by atoms with van der Waals surface area (Å²) in [7, 11) is 0. The number of fused-ring (bicyclic) bond motifs is 1. The molecule has 0 fully saturated rings. The van der Waals surface area contributed by atoms with Gasteiger partial charge in [0.2, 0.25) is 5.88 Å². The van der Waals surface area contributed by atoms with Crippen molar-refractivity contribution < 1.29 is 13.5 Å². The van der Waals surface area contributed by atoms with Crippen molar-refractivity contribution in [3.8, 4) is 23.2 Å². The maximum absolute atomic E-state index is 14.2. The highest BCUT2D eigenvalue weighted by Gasteiger charge is 2.13. The zero-order chi connectivity index (χ0) is 26.6. The summed E-state index contributed by atoms with van der Waals surface area (Å²) < 4.78 is 27.7. The Balaban J connectivity index is 1.19. The van der Waals surface area contributed by atoms with Gasteiger partial charge in [0.1, 0.15) is 24.0 Å². The van der Waals surface area contributed by atoms with Crippen LogP contribution in [0.3, 0.4) is 0 Å². The first-order chi connectivity index (χ1) is 19.2. The van der Waals surface area contributed by atoms with Crippen LogP contribution in [0, 0.1) is 17.1 Å². The van der Waals surface area contributed by atoms with E-state index < -0.39 is 5.82 Å². The highest BCUT2D eigenvalue weighted by Crippen LogP contribution is 2.24. The Hall–Kier alpha value is -5.22. The van der Waals surface area contributed by atoms with E-state index in [0.717, 1.165) is 39.4 Å². The molecule has 6 rings (SSSR count). The predicted molar refractivity (Wildman–Crippen MR) is 145 cm³/mol. The molecule has 6 aromatic rings. The van der Waals surface area contributed by atoms with Crippen molar-refractivity contribution in [2.45, 2.75) is 19.6 Å². The summed E-state index contributed by atoms with van der Waals surface area (Å²) >= 11 is 0. The van der Waals surface area contributed by atoms with Gasteiger partial charge in [0, 0.05) is 23.6 Å². The van der Waals surface area contributed by atoms with E-state index >= 15 is 0 Å². The standard InChI is InChI=1S/C32H23FN4O2/c33-27-17-23(19-34)12-15-25(27)21-39-32-9-3-7-28(36-32)24-13-10-22(11-14-24)18-31-35-29-6-1-2-8-30(29)37(31)20-26-5-4-16-38-26/h1-17H,18,20-21H2. The average Bonchev–Trinajstić information content (AvgIpc) is 3.61. The van der Waals surface area contributed by atoms with Crippen LogP contribution in [-0.4, -0.2) is 14.5 Å². The van der Waals surface area contributed by atoms with Gasteiger partial charge in [0.05, 0.1) is 41.2 Å². The minimum absolute atomic E-state index is 0.0198. The maximum Gasteiger partial charge on any atom is 0.214 e. The van der Waals surface area contributed by atoms with Gasteiger partial charge < -0.3 is 13.7 Å². The summed E-state index contributed by atoms with van der Waals surface area (Å²) in [6, 6.07) is 32.0. The molecule has 0 spiro atoms. The summed E-state index contributed by atoms with van der Waals surface area (Å²) in [5.41, 5.74) is 5.49. The van der Waals surface area contributed by atoms with Crippen LogP contribution >= 0.6 is 0 Å². The number of hydrogen-bond donors (Lipinski definition) is 0. The molecule has 3 heterocycles. The first kappa shape index (κ1) is 24.1. The summed E-state index contributed by atoms with van der Waals surface area (Å²) in [5, 5.41) is 8.91. The lowest BCUT2D eigenvalue weighted by molar-refractivity contribution is 0.288. The second-order valence-electron chi connectivity index (χ2n) is 9.12. The molecule has 3 aromatic heterocycles. The van der Waals surface area contributed by atoms with E-state index in [1.807, 2.05) is 60.7 Å².